The number of hydrogen-bond acceptors (Lipinski definition) is 5. The molecule has 2 aromatic rings. The van der Waals surface area contributed by atoms with Gasteiger partial charge in [-0.1, -0.05) is 35.0 Å². The summed E-state index contributed by atoms with van der Waals surface area (Å²) in [6, 6.07) is 10.5. The molecule has 2 aromatic carbocycles. The third kappa shape index (κ3) is 3.89. The van der Waals surface area contributed by atoms with Crippen molar-refractivity contribution in [1.82, 2.24) is 5.43 Å². The minimum atomic E-state index is -0.463. The van der Waals surface area contributed by atoms with Crippen molar-refractivity contribution in [3.8, 4) is 5.75 Å². The van der Waals surface area contributed by atoms with Crippen molar-refractivity contribution in [1.29, 1.82) is 0 Å². The fourth-order valence-electron chi connectivity index (χ4n) is 2.12. The maximum absolute atomic E-state index is 12.2. The highest BCUT2D eigenvalue weighted by molar-refractivity contribution is 8.15. The molecule has 1 heterocycles. The number of amides is 2. The Morgan fingerprint density at radius 2 is 1.92 bits per heavy atom. The fraction of sp³-hybridized carbons (Fsp3) is 0.0625. The summed E-state index contributed by atoms with van der Waals surface area (Å²) in [4.78, 5) is 25.6. The number of halogens is 2. The van der Waals surface area contributed by atoms with E-state index in [4.69, 9.17) is 23.2 Å². The third-order valence-electron chi connectivity index (χ3n) is 3.30. The molecule has 0 saturated carbocycles. The van der Waals surface area contributed by atoms with Gasteiger partial charge in [-0.25, -0.2) is 5.43 Å². The van der Waals surface area contributed by atoms with E-state index < -0.39 is 5.91 Å². The van der Waals surface area contributed by atoms with Crippen LogP contribution >= 0.6 is 35.0 Å². The zero-order chi connectivity index (χ0) is 18.0. The minimum absolute atomic E-state index is 0.0587. The molecule has 0 bridgehead atoms. The van der Waals surface area contributed by atoms with E-state index in [1.54, 1.807) is 12.1 Å². The number of nitrogens with one attached hydrogen (secondary N) is 1. The number of anilines is 1. The van der Waals surface area contributed by atoms with Crippen molar-refractivity contribution in [2.45, 2.75) is 0 Å². The number of thioether (sulfide) groups is 1. The summed E-state index contributed by atoms with van der Waals surface area (Å²) in [7, 11) is 0. The first-order chi connectivity index (χ1) is 12.0. The number of hydrogen-bond donors (Lipinski definition) is 2. The molecule has 128 valence electrons. The first-order valence-electron chi connectivity index (χ1n) is 7.03. The molecule has 3 rings (SSSR count). The van der Waals surface area contributed by atoms with Crippen molar-refractivity contribution in [3.05, 3.63) is 58.1 Å². The SMILES string of the molecule is O=C(N/N=C1/SCC(=O)N1c1ccc(Cl)cc1Cl)c1ccc(O)cc1. The second-order valence-corrected chi connectivity index (χ2v) is 6.78. The van der Waals surface area contributed by atoms with E-state index in [-0.39, 0.29) is 17.4 Å². The molecule has 2 amide bonds. The van der Waals surface area contributed by atoms with E-state index in [1.807, 2.05) is 0 Å². The molecule has 0 atom stereocenters. The number of hydrazone groups is 1. The average Bonchev–Trinajstić information content (AvgIpc) is 2.94. The van der Waals surface area contributed by atoms with Crippen LogP contribution in [0.3, 0.4) is 0 Å². The Hall–Kier alpha value is -2.22. The van der Waals surface area contributed by atoms with E-state index in [0.29, 0.717) is 26.5 Å². The zero-order valence-electron chi connectivity index (χ0n) is 12.6. The summed E-state index contributed by atoms with van der Waals surface area (Å²) in [5, 5.41) is 14.3. The normalized spacial score (nSPS) is 15.7. The van der Waals surface area contributed by atoms with Gasteiger partial charge in [-0.05, 0) is 42.5 Å². The Balaban J connectivity index is 1.82. The standard InChI is InChI=1S/C16H11Cl2N3O3S/c17-10-3-6-13(12(18)7-10)21-14(23)8-25-16(21)20-19-15(24)9-1-4-11(22)5-2-9/h1-7,22H,8H2,(H,19,24)/b20-16+. The molecule has 1 aliphatic heterocycles. The molecule has 1 aliphatic rings. The highest BCUT2D eigenvalue weighted by Crippen LogP contribution is 2.33. The lowest BCUT2D eigenvalue weighted by Gasteiger charge is -2.17. The van der Waals surface area contributed by atoms with Gasteiger partial charge >= 0.3 is 0 Å². The van der Waals surface area contributed by atoms with Crippen LogP contribution in [-0.4, -0.2) is 27.8 Å². The molecule has 0 radical (unpaired) electrons. The first kappa shape index (κ1) is 17.6. The Labute approximate surface area is 157 Å². The van der Waals surface area contributed by atoms with Crippen molar-refractivity contribution in [3.63, 3.8) is 0 Å². The van der Waals surface area contributed by atoms with Gasteiger partial charge in [0, 0.05) is 10.6 Å². The molecule has 6 nitrogen and oxygen atoms in total. The van der Waals surface area contributed by atoms with Crippen LogP contribution in [-0.2, 0) is 4.79 Å². The lowest BCUT2D eigenvalue weighted by molar-refractivity contribution is -0.115. The van der Waals surface area contributed by atoms with Gasteiger partial charge in [0.15, 0.2) is 5.17 Å². The highest BCUT2D eigenvalue weighted by atomic mass is 35.5. The van der Waals surface area contributed by atoms with Gasteiger partial charge in [0.05, 0.1) is 16.5 Å². The van der Waals surface area contributed by atoms with Crippen molar-refractivity contribution < 1.29 is 14.7 Å². The second kappa shape index (κ2) is 7.35. The second-order valence-electron chi connectivity index (χ2n) is 5.00. The Morgan fingerprint density at radius 1 is 1.20 bits per heavy atom. The largest absolute Gasteiger partial charge is 0.508 e. The summed E-state index contributed by atoms with van der Waals surface area (Å²) < 4.78 is 0. The molecule has 2 N–H and O–H groups in total. The van der Waals surface area contributed by atoms with Gasteiger partial charge in [0.25, 0.3) is 5.91 Å². The van der Waals surface area contributed by atoms with Gasteiger partial charge in [0.2, 0.25) is 5.91 Å². The first-order valence-corrected chi connectivity index (χ1v) is 8.78. The number of carbonyl (C=O) groups excluding carboxylic acids is 2. The van der Waals surface area contributed by atoms with Gasteiger partial charge in [-0.2, -0.15) is 0 Å². The Kier molecular flexibility index (Phi) is 5.17. The van der Waals surface area contributed by atoms with Gasteiger partial charge in [-0.15, -0.1) is 5.10 Å². The average molecular weight is 396 g/mol. The van der Waals surface area contributed by atoms with Crippen LogP contribution in [0.15, 0.2) is 47.6 Å². The van der Waals surface area contributed by atoms with Crippen LogP contribution in [0, 0.1) is 0 Å². The summed E-state index contributed by atoms with van der Waals surface area (Å²) in [5.74, 6) is -0.419. The Morgan fingerprint density at radius 3 is 2.60 bits per heavy atom. The smallest absolute Gasteiger partial charge is 0.271 e. The van der Waals surface area contributed by atoms with Crippen LogP contribution in [0.25, 0.3) is 0 Å². The molecule has 0 spiro atoms. The molecular weight excluding hydrogens is 385 g/mol. The summed E-state index contributed by atoms with van der Waals surface area (Å²) in [6.45, 7) is 0. The number of carbonyl (C=O) groups is 2. The highest BCUT2D eigenvalue weighted by Gasteiger charge is 2.31. The molecule has 0 aromatic heterocycles. The van der Waals surface area contributed by atoms with Crippen molar-refractivity contribution in [2.24, 2.45) is 5.10 Å². The monoisotopic (exact) mass is 395 g/mol. The summed E-state index contributed by atoms with van der Waals surface area (Å²) in [5.41, 5.74) is 3.16. The number of phenolic OH excluding ortho intramolecular Hbond substituents is 1. The van der Waals surface area contributed by atoms with E-state index >= 15 is 0 Å². The predicted octanol–water partition coefficient (Wildman–Crippen LogP) is 3.48. The fourth-order valence-corrected chi connectivity index (χ4v) is 3.43. The van der Waals surface area contributed by atoms with E-state index in [9.17, 15) is 14.7 Å². The van der Waals surface area contributed by atoms with Crippen LogP contribution in [0.1, 0.15) is 10.4 Å². The van der Waals surface area contributed by atoms with Gasteiger partial charge in [-0.3, -0.25) is 14.5 Å². The number of benzene rings is 2. The van der Waals surface area contributed by atoms with Gasteiger partial charge in [0.1, 0.15) is 5.75 Å². The maximum atomic E-state index is 12.2. The lowest BCUT2D eigenvalue weighted by Crippen LogP contribution is -2.31. The minimum Gasteiger partial charge on any atom is -0.508 e. The topological polar surface area (TPSA) is 82.0 Å². The van der Waals surface area contributed by atoms with Crippen LogP contribution in [0.4, 0.5) is 5.69 Å². The predicted molar refractivity (Wildman–Crippen MR) is 99.4 cm³/mol. The van der Waals surface area contributed by atoms with E-state index in [0.717, 1.165) is 0 Å². The number of aromatic hydroxyl groups is 1. The maximum Gasteiger partial charge on any atom is 0.271 e. The van der Waals surface area contributed by atoms with E-state index in [2.05, 4.69) is 10.5 Å². The summed E-state index contributed by atoms with van der Waals surface area (Å²) in [6.07, 6.45) is 0. The van der Waals surface area contributed by atoms with Crippen LogP contribution in [0.2, 0.25) is 10.0 Å². The molecule has 0 aliphatic carbocycles. The third-order valence-corrected chi connectivity index (χ3v) is 4.76. The molecule has 25 heavy (non-hydrogen) atoms. The van der Waals surface area contributed by atoms with Crippen molar-refractivity contribution >= 4 is 57.6 Å². The number of amidine groups is 1. The molecule has 0 unspecified atom stereocenters. The van der Waals surface area contributed by atoms with Crippen molar-refractivity contribution in [2.75, 3.05) is 10.7 Å². The zero-order valence-corrected chi connectivity index (χ0v) is 14.9. The van der Waals surface area contributed by atoms with Crippen LogP contribution in [0.5, 0.6) is 5.75 Å². The van der Waals surface area contributed by atoms with Crippen LogP contribution < -0.4 is 10.3 Å². The summed E-state index contributed by atoms with van der Waals surface area (Å²) >= 11 is 13.2. The quantitative estimate of drug-likeness (QED) is 0.779. The van der Waals surface area contributed by atoms with E-state index in [1.165, 1.54) is 47.0 Å². The molecule has 1 saturated heterocycles. The number of nitrogens with zero attached hydrogens (tertiary/aromatic N) is 2. The number of phenols is 1. The number of rotatable bonds is 3. The molecular formula is C16H11Cl2N3O3S. The molecule has 1 fully saturated rings. The Bertz CT molecular complexity index is 871. The van der Waals surface area contributed by atoms with Gasteiger partial charge < -0.3 is 5.11 Å². The molecule has 9 heteroatoms. The lowest BCUT2D eigenvalue weighted by atomic mass is 10.2.